The molecule has 2 rings (SSSR count). The van der Waals surface area contributed by atoms with Gasteiger partial charge in [-0.15, -0.1) is 0 Å². The number of amides is 1. The third-order valence-corrected chi connectivity index (χ3v) is 3.55. The lowest BCUT2D eigenvalue weighted by Gasteiger charge is -2.17. The van der Waals surface area contributed by atoms with E-state index in [2.05, 4.69) is 10.4 Å². The van der Waals surface area contributed by atoms with Crippen LogP contribution in [0.15, 0.2) is 30.5 Å². The fraction of sp³-hybridized carbons (Fsp3) is 0.375. The van der Waals surface area contributed by atoms with E-state index in [9.17, 15) is 9.18 Å². The van der Waals surface area contributed by atoms with Crippen molar-refractivity contribution in [1.82, 2.24) is 20.0 Å². The minimum Gasteiger partial charge on any atom is -0.340 e. The summed E-state index contributed by atoms with van der Waals surface area (Å²) in [6.45, 7) is 3.33. The number of likely N-dealkylation sites (N-methyl/N-ethyl adjacent to an activating group) is 2. The molecule has 0 spiro atoms. The third kappa shape index (κ3) is 3.33. The Kier molecular flexibility index (Phi) is 5.27. The van der Waals surface area contributed by atoms with Crippen molar-refractivity contribution in [3.63, 3.8) is 0 Å². The van der Waals surface area contributed by atoms with Crippen LogP contribution in [0.25, 0.3) is 5.69 Å². The number of carbonyl (C=O) groups excluding carboxylic acids is 1. The number of carbonyl (C=O) groups is 1. The second-order valence-corrected chi connectivity index (χ2v) is 5.08. The Morgan fingerprint density at radius 2 is 2.05 bits per heavy atom. The van der Waals surface area contributed by atoms with E-state index in [0.29, 0.717) is 18.5 Å². The van der Waals surface area contributed by atoms with Crippen LogP contribution >= 0.6 is 0 Å². The van der Waals surface area contributed by atoms with E-state index in [0.717, 1.165) is 17.9 Å². The van der Waals surface area contributed by atoms with Crippen LogP contribution in [0.4, 0.5) is 4.39 Å². The minimum absolute atomic E-state index is 0.0551. The molecule has 5 nitrogen and oxygen atoms in total. The van der Waals surface area contributed by atoms with Crippen LogP contribution in [0.1, 0.15) is 23.0 Å². The van der Waals surface area contributed by atoms with Crippen LogP contribution in [-0.2, 0) is 6.42 Å². The molecule has 0 atom stereocenters. The van der Waals surface area contributed by atoms with Gasteiger partial charge in [0.05, 0.1) is 23.1 Å². The van der Waals surface area contributed by atoms with Crippen molar-refractivity contribution >= 4 is 5.91 Å². The van der Waals surface area contributed by atoms with Crippen molar-refractivity contribution in [1.29, 1.82) is 0 Å². The van der Waals surface area contributed by atoms with E-state index in [1.807, 2.05) is 14.0 Å². The average Bonchev–Trinajstić information content (AvgIpc) is 2.96. The van der Waals surface area contributed by atoms with Crippen LogP contribution < -0.4 is 5.32 Å². The molecule has 2 aromatic rings. The molecule has 22 heavy (non-hydrogen) atoms. The smallest absolute Gasteiger partial charge is 0.257 e. The van der Waals surface area contributed by atoms with Crippen molar-refractivity contribution < 1.29 is 9.18 Å². The maximum absolute atomic E-state index is 13.0. The molecule has 0 fully saturated rings. The molecule has 0 unspecified atom stereocenters. The van der Waals surface area contributed by atoms with E-state index in [-0.39, 0.29) is 11.7 Å². The van der Waals surface area contributed by atoms with Crippen molar-refractivity contribution in [2.45, 2.75) is 13.3 Å². The molecule has 118 valence electrons. The zero-order chi connectivity index (χ0) is 16.1. The topological polar surface area (TPSA) is 50.2 Å². The number of aromatic nitrogens is 2. The van der Waals surface area contributed by atoms with Gasteiger partial charge in [-0.2, -0.15) is 5.10 Å². The van der Waals surface area contributed by atoms with Gasteiger partial charge in [-0.3, -0.25) is 4.79 Å². The molecule has 0 aliphatic rings. The summed E-state index contributed by atoms with van der Waals surface area (Å²) in [6.07, 6.45) is 2.25. The number of hydrogen-bond donors (Lipinski definition) is 1. The molecule has 1 amide bonds. The van der Waals surface area contributed by atoms with Gasteiger partial charge in [-0.25, -0.2) is 9.07 Å². The summed E-state index contributed by atoms with van der Waals surface area (Å²) < 4.78 is 14.7. The number of rotatable bonds is 6. The lowest BCUT2D eigenvalue weighted by Crippen LogP contribution is -2.33. The molecule has 1 aromatic heterocycles. The Morgan fingerprint density at radius 1 is 1.36 bits per heavy atom. The van der Waals surface area contributed by atoms with Gasteiger partial charge in [0.15, 0.2) is 0 Å². The summed E-state index contributed by atoms with van der Waals surface area (Å²) >= 11 is 0. The molecule has 1 N–H and O–H groups in total. The highest BCUT2D eigenvalue weighted by Crippen LogP contribution is 2.17. The van der Waals surface area contributed by atoms with E-state index in [4.69, 9.17) is 0 Å². The lowest BCUT2D eigenvalue weighted by molar-refractivity contribution is 0.0795. The van der Waals surface area contributed by atoms with Crippen LogP contribution in [0.3, 0.4) is 0 Å². The van der Waals surface area contributed by atoms with Gasteiger partial charge in [-0.1, -0.05) is 6.92 Å². The molecule has 0 bridgehead atoms. The number of hydrogen-bond acceptors (Lipinski definition) is 3. The molecule has 0 saturated heterocycles. The first-order valence-electron chi connectivity index (χ1n) is 7.31. The minimum atomic E-state index is -0.294. The van der Waals surface area contributed by atoms with Gasteiger partial charge in [0.1, 0.15) is 5.82 Å². The first-order valence-corrected chi connectivity index (χ1v) is 7.31. The van der Waals surface area contributed by atoms with Gasteiger partial charge in [0.25, 0.3) is 5.91 Å². The summed E-state index contributed by atoms with van der Waals surface area (Å²) in [6, 6.07) is 6.08. The lowest BCUT2D eigenvalue weighted by atomic mass is 10.1. The zero-order valence-electron chi connectivity index (χ0n) is 13.1. The molecular formula is C16H21FN4O. The number of nitrogens with zero attached hydrogens (tertiary/aromatic N) is 3. The summed E-state index contributed by atoms with van der Waals surface area (Å²) in [5.74, 6) is -0.350. The molecule has 0 aliphatic carbocycles. The van der Waals surface area contributed by atoms with Crippen molar-refractivity contribution in [2.75, 3.05) is 27.2 Å². The van der Waals surface area contributed by atoms with E-state index >= 15 is 0 Å². The fourth-order valence-electron chi connectivity index (χ4n) is 2.28. The van der Waals surface area contributed by atoms with Gasteiger partial charge >= 0.3 is 0 Å². The molecular weight excluding hydrogens is 283 g/mol. The fourth-order valence-corrected chi connectivity index (χ4v) is 2.28. The zero-order valence-corrected chi connectivity index (χ0v) is 13.1. The first-order chi connectivity index (χ1) is 10.6. The normalized spacial score (nSPS) is 10.7. The molecule has 0 radical (unpaired) electrons. The molecule has 0 aliphatic heterocycles. The Morgan fingerprint density at radius 3 is 2.64 bits per heavy atom. The van der Waals surface area contributed by atoms with E-state index in [1.165, 1.54) is 12.1 Å². The average molecular weight is 304 g/mol. The van der Waals surface area contributed by atoms with Gasteiger partial charge in [0, 0.05) is 20.1 Å². The summed E-state index contributed by atoms with van der Waals surface area (Å²) in [5, 5.41) is 7.32. The highest BCUT2D eigenvalue weighted by Gasteiger charge is 2.19. The maximum Gasteiger partial charge on any atom is 0.257 e. The predicted octanol–water partition coefficient (Wildman–Crippen LogP) is 1.87. The number of benzene rings is 1. The monoisotopic (exact) mass is 304 g/mol. The second-order valence-electron chi connectivity index (χ2n) is 5.08. The second kappa shape index (κ2) is 7.17. The summed E-state index contributed by atoms with van der Waals surface area (Å²) in [7, 11) is 3.62. The Balaban J connectivity index is 2.31. The van der Waals surface area contributed by atoms with Crippen molar-refractivity contribution in [3.05, 3.63) is 47.5 Å². The van der Waals surface area contributed by atoms with Crippen LogP contribution in [0.2, 0.25) is 0 Å². The highest BCUT2D eigenvalue weighted by molar-refractivity contribution is 5.95. The SMILES string of the molecule is CCc1c(C(=O)N(C)CCNC)cnn1-c1ccc(F)cc1. The Bertz CT molecular complexity index is 636. The summed E-state index contributed by atoms with van der Waals surface area (Å²) in [4.78, 5) is 14.2. The van der Waals surface area contributed by atoms with Gasteiger partial charge in [0.2, 0.25) is 0 Å². The third-order valence-electron chi connectivity index (χ3n) is 3.55. The molecule has 1 heterocycles. The molecule has 1 aromatic carbocycles. The summed E-state index contributed by atoms with van der Waals surface area (Å²) in [5.41, 5.74) is 2.16. The highest BCUT2D eigenvalue weighted by atomic mass is 19.1. The largest absolute Gasteiger partial charge is 0.340 e. The Hall–Kier alpha value is -2.21. The van der Waals surface area contributed by atoms with Gasteiger partial charge in [-0.05, 0) is 37.7 Å². The quantitative estimate of drug-likeness (QED) is 0.886. The van der Waals surface area contributed by atoms with Gasteiger partial charge < -0.3 is 10.2 Å². The van der Waals surface area contributed by atoms with E-state index < -0.39 is 0 Å². The van der Waals surface area contributed by atoms with Crippen LogP contribution in [0.5, 0.6) is 0 Å². The first kappa shape index (κ1) is 16.2. The molecule has 0 saturated carbocycles. The number of nitrogens with one attached hydrogen (secondary N) is 1. The van der Waals surface area contributed by atoms with Crippen LogP contribution in [0, 0.1) is 5.82 Å². The number of halogens is 1. The predicted molar refractivity (Wildman–Crippen MR) is 83.8 cm³/mol. The Labute approximate surface area is 129 Å². The maximum atomic E-state index is 13.0. The van der Waals surface area contributed by atoms with E-state index in [1.54, 1.807) is 35.0 Å². The standard InChI is InChI=1S/C16H21FN4O/c1-4-15-14(16(22)20(3)10-9-18-2)11-19-21(15)13-7-5-12(17)6-8-13/h5-8,11,18H,4,9-10H2,1-3H3. The van der Waals surface area contributed by atoms with Crippen molar-refractivity contribution in [3.8, 4) is 5.69 Å². The molecule has 6 heteroatoms. The van der Waals surface area contributed by atoms with Crippen LogP contribution in [-0.4, -0.2) is 47.8 Å². The van der Waals surface area contributed by atoms with Crippen molar-refractivity contribution in [2.24, 2.45) is 0 Å².